The summed E-state index contributed by atoms with van der Waals surface area (Å²) in [4.78, 5) is 50.2. The van der Waals surface area contributed by atoms with Crippen LogP contribution < -0.4 is 10.6 Å². The molecule has 0 radical (unpaired) electrons. The van der Waals surface area contributed by atoms with Gasteiger partial charge in [-0.15, -0.1) is 0 Å². The lowest BCUT2D eigenvalue weighted by Gasteiger charge is -2.21. The summed E-state index contributed by atoms with van der Waals surface area (Å²) < 4.78 is 0. The smallest absolute Gasteiger partial charge is 0.394 e. The van der Waals surface area contributed by atoms with Gasteiger partial charge in [0.1, 0.15) is 0 Å². The lowest BCUT2D eigenvalue weighted by Crippen LogP contribution is -2.35. The van der Waals surface area contributed by atoms with Crippen molar-refractivity contribution in [1.29, 1.82) is 0 Å². The van der Waals surface area contributed by atoms with Crippen molar-refractivity contribution in [3.8, 4) is 0 Å². The van der Waals surface area contributed by atoms with Crippen molar-refractivity contribution in [3.05, 3.63) is 101 Å². The van der Waals surface area contributed by atoms with Crippen molar-refractivity contribution < 1.29 is 24.3 Å². The number of carboxylic acids is 1. The number of nitrogens with one attached hydrogen (secondary N) is 2. The highest BCUT2D eigenvalue weighted by Gasteiger charge is 2.22. The SMILES string of the molecule is CCCCCCCCCCCCNC(=O)c1ccc(CN(Cc2ccc(NC(=O)c3ccccc3)cc2)C(=O)C(=O)O)cc1. The summed E-state index contributed by atoms with van der Waals surface area (Å²) in [5.41, 5.74) is 3.05. The van der Waals surface area contributed by atoms with E-state index < -0.39 is 11.9 Å². The third kappa shape index (κ3) is 12.0. The second kappa shape index (κ2) is 18.9. The summed E-state index contributed by atoms with van der Waals surface area (Å²) in [7, 11) is 0. The van der Waals surface area contributed by atoms with Gasteiger partial charge in [0.25, 0.3) is 11.8 Å². The van der Waals surface area contributed by atoms with E-state index in [1.165, 1.54) is 56.3 Å². The van der Waals surface area contributed by atoms with Gasteiger partial charge in [0.15, 0.2) is 0 Å². The number of carbonyl (C=O) groups is 4. The van der Waals surface area contributed by atoms with Gasteiger partial charge in [-0.2, -0.15) is 0 Å². The maximum Gasteiger partial charge on any atom is 0.394 e. The van der Waals surface area contributed by atoms with Gasteiger partial charge in [0.2, 0.25) is 0 Å². The Labute approximate surface area is 260 Å². The van der Waals surface area contributed by atoms with Gasteiger partial charge < -0.3 is 20.6 Å². The Morgan fingerprint density at radius 2 is 1.11 bits per heavy atom. The molecule has 0 spiro atoms. The van der Waals surface area contributed by atoms with Crippen LogP contribution in [0.5, 0.6) is 0 Å². The number of carbonyl (C=O) groups excluding carboxylic acids is 3. The summed E-state index contributed by atoms with van der Waals surface area (Å²) in [6, 6.07) is 22.6. The molecule has 0 fully saturated rings. The zero-order valence-corrected chi connectivity index (χ0v) is 25.7. The van der Waals surface area contributed by atoms with Crippen LogP contribution in [0, 0.1) is 0 Å². The van der Waals surface area contributed by atoms with Crippen LogP contribution in [-0.4, -0.2) is 40.2 Å². The molecular weight excluding hydrogens is 554 g/mol. The number of nitrogens with zero attached hydrogens (tertiary/aromatic N) is 1. The van der Waals surface area contributed by atoms with Gasteiger partial charge in [-0.25, -0.2) is 4.79 Å². The van der Waals surface area contributed by atoms with Gasteiger partial charge in [-0.1, -0.05) is 107 Å². The van der Waals surface area contributed by atoms with E-state index in [1.807, 2.05) is 6.07 Å². The lowest BCUT2D eigenvalue weighted by atomic mass is 10.1. The maximum absolute atomic E-state index is 12.6. The molecule has 0 unspecified atom stereocenters. The second-order valence-corrected chi connectivity index (χ2v) is 11.1. The number of unbranched alkanes of at least 4 members (excludes halogenated alkanes) is 9. The van der Waals surface area contributed by atoms with Crippen molar-refractivity contribution in [2.75, 3.05) is 11.9 Å². The number of hydrogen-bond donors (Lipinski definition) is 3. The molecule has 44 heavy (non-hydrogen) atoms. The zero-order valence-electron chi connectivity index (χ0n) is 25.7. The van der Waals surface area contributed by atoms with Crippen LogP contribution in [-0.2, 0) is 22.7 Å². The molecule has 3 aromatic rings. The first kappa shape index (κ1) is 34.0. The first-order chi connectivity index (χ1) is 21.4. The third-order valence-electron chi connectivity index (χ3n) is 7.50. The average Bonchev–Trinajstić information content (AvgIpc) is 3.04. The van der Waals surface area contributed by atoms with Gasteiger partial charge in [-0.3, -0.25) is 14.4 Å². The van der Waals surface area contributed by atoms with E-state index in [0.29, 0.717) is 34.5 Å². The summed E-state index contributed by atoms with van der Waals surface area (Å²) >= 11 is 0. The minimum absolute atomic E-state index is 0.0676. The van der Waals surface area contributed by atoms with Crippen LogP contribution in [0.15, 0.2) is 78.9 Å². The highest BCUT2D eigenvalue weighted by atomic mass is 16.4. The fourth-order valence-electron chi connectivity index (χ4n) is 4.94. The molecule has 8 heteroatoms. The summed E-state index contributed by atoms with van der Waals surface area (Å²) in [5.74, 6) is -2.95. The van der Waals surface area contributed by atoms with Gasteiger partial charge >= 0.3 is 11.9 Å². The van der Waals surface area contributed by atoms with E-state index in [4.69, 9.17) is 0 Å². The molecule has 0 bridgehead atoms. The van der Waals surface area contributed by atoms with Gasteiger partial charge in [0.05, 0.1) is 0 Å². The van der Waals surface area contributed by atoms with Crippen molar-refractivity contribution >= 4 is 29.4 Å². The molecule has 3 amide bonds. The van der Waals surface area contributed by atoms with Crippen LogP contribution in [0.1, 0.15) is 103 Å². The molecule has 3 N–H and O–H groups in total. The predicted molar refractivity (Wildman–Crippen MR) is 173 cm³/mol. The van der Waals surface area contributed by atoms with Gasteiger partial charge in [-0.05, 0) is 53.9 Å². The highest BCUT2D eigenvalue weighted by molar-refractivity contribution is 6.31. The van der Waals surface area contributed by atoms with Crippen LogP contribution >= 0.6 is 0 Å². The van der Waals surface area contributed by atoms with Crippen LogP contribution in [0.4, 0.5) is 5.69 Å². The molecule has 8 nitrogen and oxygen atoms in total. The first-order valence-corrected chi connectivity index (χ1v) is 15.7. The zero-order chi connectivity index (χ0) is 31.6. The van der Waals surface area contributed by atoms with E-state index in [-0.39, 0.29) is 24.9 Å². The minimum atomic E-state index is -1.54. The van der Waals surface area contributed by atoms with E-state index in [1.54, 1.807) is 72.8 Å². The van der Waals surface area contributed by atoms with Gasteiger partial charge in [0, 0.05) is 36.4 Å². The predicted octanol–water partition coefficient (Wildman–Crippen LogP) is 7.20. The summed E-state index contributed by atoms with van der Waals surface area (Å²) in [6.07, 6.45) is 12.4. The number of hydrogen-bond acceptors (Lipinski definition) is 4. The van der Waals surface area contributed by atoms with Crippen molar-refractivity contribution in [2.24, 2.45) is 0 Å². The van der Waals surface area contributed by atoms with E-state index in [9.17, 15) is 24.3 Å². The van der Waals surface area contributed by atoms with E-state index in [2.05, 4.69) is 17.6 Å². The third-order valence-corrected chi connectivity index (χ3v) is 7.50. The molecular formula is C36H45N3O5. The molecule has 3 aromatic carbocycles. The Hall–Kier alpha value is -4.46. The Bertz CT molecular complexity index is 1320. The van der Waals surface area contributed by atoms with Crippen molar-refractivity contribution in [3.63, 3.8) is 0 Å². The molecule has 3 rings (SSSR count). The number of benzene rings is 3. The quantitative estimate of drug-likeness (QED) is 0.106. The van der Waals surface area contributed by atoms with Crippen LogP contribution in [0.25, 0.3) is 0 Å². The number of anilines is 1. The molecule has 0 heterocycles. The molecule has 234 valence electrons. The number of amides is 3. The summed E-state index contributed by atoms with van der Waals surface area (Å²) in [6.45, 7) is 3.00. The largest absolute Gasteiger partial charge is 0.474 e. The number of aliphatic carboxylic acids is 1. The molecule has 0 saturated carbocycles. The van der Waals surface area contributed by atoms with Crippen LogP contribution in [0.2, 0.25) is 0 Å². The Balaban J connectivity index is 1.45. The van der Waals surface area contributed by atoms with E-state index >= 15 is 0 Å². The maximum atomic E-state index is 12.6. The Morgan fingerprint density at radius 3 is 1.66 bits per heavy atom. The fraction of sp³-hybridized carbons (Fsp3) is 0.389. The van der Waals surface area contributed by atoms with Crippen molar-refractivity contribution in [1.82, 2.24) is 10.2 Å². The second-order valence-electron chi connectivity index (χ2n) is 11.1. The standard InChI is InChI=1S/C36H45N3O5/c1-2-3-4-5-6-7-8-9-10-14-25-37-33(40)31-21-17-28(18-22-31)26-39(35(42)36(43)44)27-29-19-23-32(24-20-29)38-34(41)30-15-12-11-13-16-30/h11-13,15-24H,2-10,14,25-27H2,1H3,(H,37,40)(H,38,41)(H,43,44). The minimum Gasteiger partial charge on any atom is -0.474 e. The molecule has 0 saturated heterocycles. The molecule has 0 atom stereocenters. The fourth-order valence-corrected chi connectivity index (χ4v) is 4.94. The molecule has 0 aliphatic heterocycles. The number of carboxylic acid groups (broad SMARTS) is 1. The van der Waals surface area contributed by atoms with E-state index in [0.717, 1.165) is 12.8 Å². The average molecular weight is 600 g/mol. The topological polar surface area (TPSA) is 116 Å². The first-order valence-electron chi connectivity index (χ1n) is 15.7. The summed E-state index contributed by atoms with van der Waals surface area (Å²) in [5, 5.41) is 15.2. The normalized spacial score (nSPS) is 10.7. The Morgan fingerprint density at radius 1 is 0.614 bits per heavy atom. The highest BCUT2D eigenvalue weighted by Crippen LogP contribution is 2.16. The Kier molecular flexibility index (Phi) is 14.7. The lowest BCUT2D eigenvalue weighted by molar-refractivity contribution is -0.156. The molecule has 0 aliphatic carbocycles. The number of rotatable bonds is 18. The van der Waals surface area contributed by atoms with Crippen LogP contribution in [0.3, 0.4) is 0 Å². The molecule has 0 aliphatic rings. The monoisotopic (exact) mass is 599 g/mol. The van der Waals surface area contributed by atoms with Crippen molar-refractivity contribution in [2.45, 2.75) is 84.2 Å². The molecule has 0 aromatic heterocycles.